The number of guanidine groups is 1. The molecule has 2 aliphatic rings. The number of aliphatic imine (C=N–C) groups is 1. The van der Waals surface area contributed by atoms with Crippen LogP contribution in [0.2, 0.25) is 0 Å². The Morgan fingerprint density at radius 3 is 2.40 bits per heavy atom. The van der Waals surface area contributed by atoms with Gasteiger partial charge in [-0.05, 0) is 80.4 Å². The molecule has 0 bridgehead atoms. The number of hydrogen-bond donors (Lipinski definition) is 8. The maximum Gasteiger partial charge on any atom is 0.326 e. The summed E-state index contributed by atoms with van der Waals surface area (Å²) in [5, 5.41) is 25.4. The summed E-state index contributed by atoms with van der Waals surface area (Å²) in [6, 6.07) is 3.19. The van der Waals surface area contributed by atoms with E-state index >= 15 is 0 Å². The Bertz CT molecular complexity index is 1390. The van der Waals surface area contributed by atoms with Crippen molar-refractivity contribution in [3.8, 4) is 5.75 Å². The standard InChI is InChI=1S/C34H50N8O6/c35-27(6-3-13-39-34(36)37)32(46)41-28(14-20-7-11-25(43)12-8-20)30(44)17-23(15-24-18-38-19-40-24)31(45)42-29(33(47)48)16-22-10-9-21-4-1-2-5-26(21)22/h7-8,11-12,18-19,21-23,26-29,43H,1-6,9-10,13-17,35H2,(H,38,40)(H,41,46)(H,42,45)(H,47,48)(H4,36,37,39). The summed E-state index contributed by atoms with van der Waals surface area (Å²) < 4.78 is 0. The number of hydrogen-bond acceptors (Lipinski definition) is 8. The van der Waals surface area contributed by atoms with Gasteiger partial charge >= 0.3 is 5.97 Å². The summed E-state index contributed by atoms with van der Waals surface area (Å²) in [6.07, 6.45) is 10.7. The number of nitrogens with two attached hydrogens (primary N) is 3. The Kier molecular flexibility index (Phi) is 13.4. The van der Waals surface area contributed by atoms with E-state index in [2.05, 4.69) is 25.6 Å². The predicted molar refractivity (Wildman–Crippen MR) is 179 cm³/mol. The monoisotopic (exact) mass is 666 g/mol. The lowest BCUT2D eigenvalue weighted by Gasteiger charge is -2.31. The minimum absolute atomic E-state index is 0.0503. The smallest absolute Gasteiger partial charge is 0.326 e. The Balaban J connectivity index is 1.48. The Morgan fingerprint density at radius 1 is 0.979 bits per heavy atom. The van der Waals surface area contributed by atoms with Crippen LogP contribution in [0.3, 0.4) is 0 Å². The molecule has 2 fully saturated rings. The second-order valence-electron chi connectivity index (χ2n) is 13.3. The van der Waals surface area contributed by atoms with Crippen molar-refractivity contribution in [2.75, 3.05) is 6.54 Å². The number of carbonyl (C=O) groups is 4. The molecular formula is C34H50N8O6. The van der Waals surface area contributed by atoms with E-state index in [-0.39, 0.29) is 43.3 Å². The lowest BCUT2D eigenvalue weighted by Crippen LogP contribution is -2.50. The first-order chi connectivity index (χ1) is 23.0. The number of carbonyl (C=O) groups excluding carboxylic acids is 3. The topological polar surface area (TPSA) is 252 Å². The van der Waals surface area contributed by atoms with Gasteiger partial charge in [-0.1, -0.05) is 31.4 Å². The van der Waals surface area contributed by atoms with Crippen LogP contribution in [0.4, 0.5) is 0 Å². The molecule has 14 heteroatoms. The minimum atomic E-state index is -1.10. The van der Waals surface area contributed by atoms with Gasteiger partial charge in [-0.15, -0.1) is 0 Å². The largest absolute Gasteiger partial charge is 0.508 e. The molecule has 0 aliphatic heterocycles. The number of phenolic OH excluding ortho intramolecular Hbond substituents is 1. The molecule has 11 N–H and O–H groups in total. The van der Waals surface area contributed by atoms with Crippen molar-refractivity contribution in [3.63, 3.8) is 0 Å². The second kappa shape index (κ2) is 17.6. The Morgan fingerprint density at radius 2 is 1.71 bits per heavy atom. The van der Waals surface area contributed by atoms with Crippen LogP contribution in [-0.2, 0) is 32.0 Å². The molecular weight excluding hydrogens is 616 g/mol. The Labute approximate surface area is 280 Å². The van der Waals surface area contributed by atoms with E-state index < -0.39 is 47.6 Å². The van der Waals surface area contributed by atoms with E-state index in [1.54, 1.807) is 18.3 Å². The van der Waals surface area contributed by atoms with Crippen LogP contribution in [0.5, 0.6) is 5.75 Å². The molecule has 1 aromatic heterocycles. The van der Waals surface area contributed by atoms with Gasteiger partial charge < -0.3 is 43.0 Å². The SMILES string of the molecule is NC(N)=NCCCC(N)C(=O)NC(Cc1ccc(O)cc1)C(=O)CC(Cc1cnc[nH]1)C(=O)NC(CC1CCC2CCCCC21)C(=O)O. The zero-order valence-electron chi connectivity index (χ0n) is 27.4. The summed E-state index contributed by atoms with van der Waals surface area (Å²) in [5.41, 5.74) is 18.1. The van der Waals surface area contributed by atoms with Crippen LogP contribution in [0.25, 0.3) is 0 Å². The molecule has 7 atom stereocenters. The number of aromatic amines is 1. The molecule has 2 aromatic rings. The van der Waals surface area contributed by atoms with Crippen molar-refractivity contribution >= 4 is 29.5 Å². The van der Waals surface area contributed by atoms with Crippen LogP contribution in [0.15, 0.2) is 41.8 Å². The van der Waals surface area contributed by atoms with Crippen molar-refractivity contribution in [1.82, 2.24) is 20.6 Å². The first-order valence-electron chi connectivity index (χ1n) is 16.9. The number of carboxylic acid groups (broad SMARTS) is 1. The number of phenols is 1. The van der Waals surface area contributed by atoms with Crippen LogP contribution in [0, 0.1) is 23.7 Å². The first kappa shape index (κ1) is 36.4. The van der Waals surface area contributed by atoms with Crippen molar-refractivity contribution in [2.45, 2.75) is 95.2 Å². The van der Waals surface area contributed by atoms with Gasteiger partial charge in [0.05, 0.1) is 24.3 Å². The molecule has 1 heterocycles. The molecule has 14 nitrogen and oxygen atoms in total. The molecule has 2 amide bonds. The normalized spacial score (nSPS) is 21.2. The number of ketones is 1. The molecule has 4 rings (SSSR count). The van der Waals surface area contributed by atoms with Crippen molar-refractivity contribution in [2.24, 2.45) is 45.9 Å². The first-order valence-corrected chi connectivity index (χ1v) is 16.9. The second-order valence-corrected chi connectivity index (χ2v) is 13.3. The van der Waals surface area contributed by atoms with Crippen LogP contribution in [0.1, 0.15) is 75.5 Å². The van der Waals surface area contributed by atoms with Gasteiger partial charge in [0, 0.05) is 31.3 Å². The number of benzene rings is 1. The van der Waals surface area contributed by atoms with E-state index in [0.29, 0.717) is 42.5 Å². The highest BCUT2D eigenvalue weighted by molar-refractivity contribution is 5.94. The molecule has 2 saturated carbocycles. The van der Waals surface area contributed by atoms with Gasteiger partial charge in [-0.2, -0.15) is 0 Å². The fourth-order valence-corrected chi connectivity index (χ4v) is 7.31. The minimum Gasteiger partial charge on any atom is -0.508 e. The number of fused-ring (bicyclic) bond motifs is 1. The number of rotatable bonds is 18. The number of imidazole rings is 1. The van der Waals surface area contributed by atoms with Gasteiger partial charge in [-0.3, -0.25) is 19.4 Å². The van der Waals surface area contributed by atoms with E-state index in [9.17, 15) is 29.4 Å². The van der Waals surface area contributed by atoms with Crippen molar-refractivity contribution < 1.29 is 29.4 Å². The zero-order chi connectivity index (χ0) is 34.6. The summed E-state index contributed by atoms with van der Waals surface area (Å²) in [5.74, 6) is -2.20. The quantitative estimate of drug-likeness (QED) is 0.0647. The summed E-state index contributed by atoms with van der Waals surface area (Å²) in [4.78, 5) is 64.1. The van der Waals surface area contributed by atoms with E-state index in [0.717, 1.165) is 25.7 Å². The highest BCUT2D eigenvalue weighted by Crippen LogP contribution is 2.47. The average Bonchev–Trinajstić information content (AvgIpc) is 3.73. The third-order valence-electron chi connectivity index (χ3n) is 9.86. The zero-order valence-corrected chi connectivity index (χ0v) is 27.4. The highest BCUT2D eigenvalue weighted by Gasteiger charge is 2.40. The molecule has 7 unspecified atom stereocenters. The lowest BCUT2D eigenvalue weighted by molar-refractivity contribution is -0.143. The van der Waals surface area contributed by atoms with Crippen molar-refractivity contribution in [1.29, 1.82) is 0 Å². The fraction of sp³-hybridized carbons (Fsp3) is 0.588. The average molecular weight is 667 g/mol. The number of aromatic nitrogens is 2. The number of aromatic hydroxyl groups is 1. The molecule has 48 heavy (non-hydrogen) atoms. The van der Waals surface area contributed by atoms with Crippen LogP contribution in [-0.4, -0.2) is 74.4 Å². The number of carboxylic acids is 1. The van der Waals surface area contributed by atoms with Gasteiger partial charge in [0.1, 0.15) is 11.8 Å². The van der Waals surface area contributed by atoms with Gasteiger partial charge in [0.2, 0.25) is 11.8 Å². The maximum absolute atomic E-state index is 13.9. The Hall–Kier alpha value is -4.46. The van der Waals surface area contributed by atoms with Gasteiger partial charge in [0.25, 0.3) is 0 Å². The van der Waals surface area contributed by atoms with Gasteiger partial charge in [-0.25, -0.2) is 9.78 Å². The van der Waals surface area contributed by atoms with E-state index in [4.69, 9.17) is 17.2 Å². The lowest BCUT2D eigenvalue weighted by atomic mass is 9.76. The molecule has 2 aliphatic carbocycles. The number of H-pyrrole nitrogens is 1. The fourth-order valence-electron chi connectivity index (χ4n) is 7.31. The number of amides is 2. The third kappa shape index (κ3) is 10.8. The number of nitrogens with one attached hydrogen (secondary N) is 3. The summed E-state index contributed by atoms with van der Waals surface area (Å²) in [6.45, 7) is 0.295. The van der Waals surface area contributed by atoms with E-state index in [1.165, 1.54) is 31.3 Å². The molecule has 0 saturated heterocycles. The number of nitrogens with zero attached hydrogens (tertiary/aromatic N) is 2. The number of Topliss-reactive ketones (excluding diaryl/α,β-unsaturated/α-hetero) is 1. The third-order valence-corrected chi connectivity index (χ3v) is 9.86. The van der Waals surface area contributed by atoms with Gasteiger partial charge in [0.15, 0.2) is 11.7 Å². The molecule has 262 valence electrons. The molecule has 1 aromatic carbocycles. The van der Waals surface area contributed by atoms with E-state index in [1.807, 2.05) is 0 Å². The van der Waals surface area contributed by atoms with Crippen LogP contribution >= 0.6 is 0 Å². The summed E-state index contributed by atoms with van der Waals surface area (Å²) in [7, 11) is 0. The highest BCUT2D eigenvalue weighted by atomic mass is 16.4. The predicted octanol–water partition coefficient (Wildman–Crippen LogP) is 1.52. The van der Waals surface area contributed by atoms with Crippen molar-refractivity contribution in [3.05, 3.63) is 48.0 Å². The van der Waals surface area contributed by atoms with Crippen LogP contribution < -0.4 is 27.8 Å². The summed E-state index contributed by atoms with van der Waals surface area (Å²) >= 11 is 0. The molecule has 0 radical (unpaired) electrons. The maximum atomic E-state index is 13.9. The number of aliphatic carboxylic acids is 1. The molecule has 0 spiro atoms.